The summed E-state index contributed by atoms with van der Waals surface area (Å²) in [5.41, 5.74) is 3.17. The van der Waals surface area contributed by atoms with Crippen LogP contribution in [-0.4, -0.2) is 31.3 Å². The molecular formula is C23H24N2O4S2. The second kappa shape index (κ2) is 8.82. The first-order valence-electron chi connectivity index (χ1n) is 10.1. The summed E-state index contributed by atoms with van der Waals surface area (Å²) < 4.78 is 33.2. The molecule has 0 spiro atoms. The van der Waals surface area contributed by atoms with Gasteiger partial charge in [0.1, 0.15) is 9.96 Å². The summed E-state index contributed by atoms with van der Waals surface area (Å²) >= 11 is 1.22. The topological polar surface area (TPSA) is 75.7 Å². The van der Waals surface area contributed by atoms with Crippen LogP contribution < -0.4 is 10.1 Å². The highest BCUT2D eigenvalue weighted by molar-refractivity contribution is 7.91. The Hall–Kier alpha value is -2.68. The van der Waals surface area contributed by atoms with Gasteiger partial charge in [-0.2, -0.15) is 4.31 Å². The van der Waals surface area contributed by atoms with Gasteiger partial charge in [0, 0.05) is 24.3 Å². The van der Waals surface area contributed by atoms with Gasteiger partial charge < -0.3 is 10.1 Å². The van der Waals surface area contributed by atoms with Crippen molar-refractivity contribution < 1.29 is 17.9 Å². The first kappa shape index (κ1) is 21.5. The van der Waals surface area contributed by atoms with Crippen LogP contribution in [0.1, 0.15) is 35.3 Å². The van der Waals surface area contributed by atoms with E-state index in [9.17, 15) is 13.2 Å². The predicted molar refractivity (Wildman–Crippen MR) is 122 cm³/mol. The van der Waals surface area contributed by atoms with Gasteiger partial charge in [-0.3, -0.25) is 4.79 Å². The highest BCUT2D eigenvalue weighted by atomic mass is 32.2. The number of hydrogen-bond donors (Lipinski definition) is 1. The van der Waals surface area contributed by atoms with Crippen molar-refractivity contribution in [1.82, 2.24) is 4.31 Å². The van der Waals surface area contributed by atoms with Crippen LogP contribution in [0.25, 0.3) is 0 Å². The third kappa shape index (κ3) is 4.81. The molecule has 3 aromatic rings. The molecule has 0 bridgehead atoms. The molecule has 2 aromatic carbocycles. The number of benzene rings is 2. The Labute approximate surface area is 186 Å². The fraction of sp³-hybridized carbons (Fsp3) is 0.261. The number of nitrogens with zero attached hydrogens (tertiary/aromatic N) is 1. The largest absolute Gasteiger partial charge is 0.491 e. The molecule has 1 aliphatic rings. The van der Waals surface area contributed by atoms with E-state index in [2.05, 4.69) is 5.32 Å². The number of thiophene rings is 1. The Morgan fingerprint density at radius 3 is 2.55 bits per heavy atom. The zero-order valence-electron chi connectivity index (χ0n) is 17.4. The number of fused-ring (bicyclic) bond motifs is 1. The van der Waals surface area contributed by atoms with E-state index in [4.69, 9.17) is 4.74 Å². The van der Waals surface area contributed by atoms with Gasteiger partial charge in [0.05, 0.1) is 6.10 Å². The molecule has 31 heavy (non-hydrogen) atoms. The van der Waals surface area contributed by atoms with Crippen LogP contribution in [-0.2, 0) is 23.0 Å². The van der Waals surface area contributed by atoms with Crippen LogP contribution >= 0.6 is 11.3 Å². The third-order valence-electron chi connectivity index (χ3n) is 5.02. The van der Waals surface area contributed by atoms with E-state index >= 15 is 0 Å². The summed E-state index contributed by atoms with van der Waals surface area (Å²) in [5.74, 6) is 0.488. The lowest BCUT2D eigenvalue weighted by molar-refractivity contribution is 0.102. The summed E-state index contributed by atoms with van der Waals surface area (Å²) in [6, 6.07) is 16.0. The maximum Gasteiger partial charge on any atom is 0.255 e. The fourth-order valence-corrected chi connectivity index (χ4v) is 6.08. The number of ether oxygens (including phenoxy) is 1. The Kier molecular flexibility index (Phi) is 6.13. The second-order valence-corrected chi connectivity index (χ2v) is 10.8. The average Bonchev–Trinajstić information content (AvgIpc) is 3.29. The number of sulfonamides is 1. The Morgan fingerprint density at radius 2 is 1.87 bits per heavy atom. The van der Waals surface area contributed by atoms with Crippen LogP contribution in [0.2, 0.25) is 0 Å². The number of nitrogens with one attached hydrogen (secondary N) is 1. The molecule has 0 fully saturated rings. The number of anilines is 1. The molecule has 0 atom stereocenters. The van der Waals surface area contributed by atoms with Crippen LogP contribution in [0.15, 0.2) is 64.2 Å². The van der Waals surface area contributed by atoms with E-state index in [1.807, 2.05) is 32.0 Å². The summed E-state index contributed by atoms with van der Waals surface area (Å²) in [7, 11) is -3.50. The van der Waals surface area contributed by atoms with Crippen LogP contribution in [0, 0.1) is 0 Å². The molecule has 0 saturated heterocycles. The normalized spacial score (nSPS) is 14.3. The first-order chi connectivity index (χ1) is 14.8. The number of amides is 1. The molecule has 2 heterocycles. The molecule has 4 rings (SSSR count). The van der Waals surface area contributed by atoms with Crippen molar-refractivity contribution in [2.45, 2.75) is 37.1 Å². The monoisotopic (exact) mass is 456 g/mol. The summed E-state index contributed by atoms with van der Waals surface area (Å²) in [6.07, 6.45) is 0.712. The van der Waals surface area contributed by atoms with Gasteiger partial charge in [0.2, 0.25) is 0 Å². The Balaban J connectivity index is 1.48. The van der Waals surface area contributed by atoms with Crippen molar-refractivity contribution >= 4 is 33.0 Å². The number of rotatable bonds is 6. The van der Waals surface area contributed by atoms with Crippen LogP contribution in [0.4, 0.5) is 5.69 Å². The molecular weight excluding hydrogens is 432 g/mol. The van der Waals surface area contributed by atoms with Crippen molar-refractivity contribution in [2.24, 2.45) is 0 Å². The van der Waals surface area contributed by atoms with E-state index in [-0.39, 0.29) is 12.0 Å². The van der Waals surface area contributed by atoms with E-state index in [0.717, 1.165) is 11.1 Å². The highest BCUT2D eigenvalue weighted by Gasteiger charge is 2.29. The van der Waals surface area contributed by atoms with Gasteiger partial charge in [-0.15, -0.1) is 11.3 Å². The first-order valence-corrected chi connectivity index (χ1v) is 12.4. The van der Waals surface area contributed by atoms with Crippen molar-refractivity contribution in [3.8, 4) is 5.75 Å². The zero-order chi connectivity index (χ0) is 22.0. The van der Waals surface area contributed by atoms with Crippen molar-refractivity contribution in [3.63, 3.8) is 0 Å². The van der Waals surface area contributed by atoms with Gasteiger partial charge >= 0.3 is 0 Å². The molecule has 0 unspecified atom stereocenters. The van der Waals surface area contributed by atoms with E-state index in [1.54, 1.807) is 41.8 Å². The van der Waals surface area contributed by atoms with Crippen molar-refractivity contribution in [3.05, 3.63) is 76.7 Å². The van der Waals surface area contributed by atoms with Gasteiger partial charge in [-0.05, 0) is 79.2 Å². The standard InChI is InChI=1S/C23H24N2O4S2/c1-16(2)29-21-9-6-18(7-10-21)23(26)24-20-8-5-17-11-12-25(15-19(17)14-20)31(27,28)22-4-3-13-30-22/h3-10,13-14,16H,11-12,15H2,1-2H3,(H,24,26). The Bertz CT molecular complexity index is 1170. The minimum Gasteiger partial charge on any atom is -0.491 e. The lowest BCUT2D eigenvalue weighted by atomic mass is 10.0. The maximum atomic E-state index is 12.9. The number of carbonyl (C=O) groups excluding carboxylic acids is 1. The molecule has 0 saturated carbocycles. The second-order valence-electron chi connectivity index (χ2n) is 7.65. The summed E-state index contributed by atoms with van der Waals surface area (Å²) in [5, 5.41) is 4.67. The molecule has 6 nitrogen and oxygen atoms in total. The van der Waals surface area contributed by atoms with Gasteiger partial charge in [-0.25, -0.2) is 8.42 Å². The van der Waals surface area contributed by atoms with Crippen LogP contribution in [0.3, 0.4) is 0 Å². The minimum atomic E-state index is -3.50. The van der Waals surface area contributed by atoms with E-state index in [1.165, 1.54) is 15.6 Å². The minimum absolute atomic E-state index is 0.0679. The van der Waals surface area contributed by atoms with Gasteiger partial charge in [0.25, 0.3) is 15.9 Å². The summed E-state index contributed by atoms with van der Waals surface area (Å²) in [6.45, 7) is 4.64. The highest BCUT2D eigenvalue weighted by Crippen LogP contribution is 2.29. The molecule has 1 aliphatic heterocycles. The molecule has 1 aromatic heterocycles. The smallest absolute Gasteiger partial charge is 0.255 e. The lowest BCUT2D eigenvalue weighted by Gasteiger charge is -2.28. The maximum absolute atomic E-state index is 12.9. The average molecular weight is 457 g/mol. The van der Waals surface area contributed by atoms with Crippen molar-refractivity contribution in [2.75, 3.05) is 11.9 Å². The fourth-order valence-electron chi connectivity index (χ4n) is 3.51. The molecule has 1 amide bonds. The predicted octanol–water partition coefficient (Wildman–Crippen LogP) is 4.53. The van der Waals surface area contributed by atoms with E-state index < -0.39 is 10.0 Å². The van der Waals surface area contributed by atoms with Gasteiger partial charge in [0.15, 0.2) is 0 Å². The molecule has 162 valence electrons. The quantitative estimate of drug-likeness (QED) is 0.591. The molecule has 1 N–H and O–H groups in total. The molecule has 0 aliphatic carbocycles. The van der Waals surface area contributed by atoms with Gasteiger partial charge in [-0.1, -0.05) is 12.1 Å². The zero-order valence-corrected chi connectivity index (χ0v) is 19.0. The number of hydrogen-bond acceptors (Lipinski definition) is 5. The third-order valence-corrected chi connectivity index (χ3v) is 8.24. The van der Waals surface area contributed by atoms with Crippen molar-refractivity contribution in [1.29, 1.82) is 0 Å². The SMILES string of the molecule is CC(C)Oc1ccc(C(=O)Nc2ccc3c(c2)CN(S(=O)(=O)c2cccs2)CC3)cc1. The number of carbonyl (C=O) groups is 1. The molecule has 0 radical (unpaired) electrons. The molecule has 8 heteroatoms. The van der Waals surface area contributed by atoms with Crippen LogP contribution in [0.5, 0.6) is 5.75 Å². The van der Waals surface area contributed by atoms with E-state index in [0.29, 0.717) is 40.7 Å². The lowest BCUT2D eigenvalue weighted by Crippen LogP contribution is -2.35. The Morgan fingerprint density at radius 1 is 1.10 bits per heavy atom. The summed E-state index contributed by atoms with van der Waals surface area (Å²) in [4.78, 5) is 12.6.